The standard InChI is InChI=1S/C32H30NO/c1-20-10-13-25-27-17-23-12-11-22-8-6-7-9-24(22)26(23)18-29(27)34-31(25)30(20)28-16-21(14-15-33(28)5)19-32(2,3)4/h6-18H,19H2,1-5H3/q+1. The molecule has 2 heteroatoms. The van der Waals surface area contributed by atoms with Gasteiger partial charge in [-0.05, 0) is 63.6 Å². The number of fused-ring (bicyclic) bond motifs is 6. The molecular formula is C32H30NO+. The van der Waals surface area contributed by atoms with Crippen molar-refractivity contribution in [3.63, 3.8) is 0 Å². The summed E-state index contributed by atoms with van der Waals surface area (Å²) in [5, 5.41) is 7.35. The molecule has 0 saturated heterocycles. The zero-order chi connectivity index (χ0) is 23.6. The van der Waals surface area contributed by atoms with Crippen molar-refractivity contribution in [1.82, 2.24) is 0 Å². The van der Waals surface area contributed by atoms with Crippen molar-refractivity contribution in [2.24, 2.45) is 12.5 Å². The summed E-state index contributed by atoms with van der Waals surface area (Å²) in [5.41, 5.74) is 7.10. The molecule has 0 N–H and O–H groups in total. The predicted molar refractivity (Wildman–Crippen MR) is 143 cm³/mol. The molecule has 0 atom stereocenters. The zero-order valence-electron chi connectivity index (χ0n) is 20.6. The molecule has 0 aliphatic heterocycles. The molecule has 168 valence electrons. The minimum absolute atomic E-state index is 0.237. The summed E-state index contributed by atoms with van der Waals surface area (Å²) in [6, 6.07) is 26.5. The lowest BCUT2D eigenvalue weighted by atomic mass is 9.88. The van der Waals surface area contributed by atoms with Crippen LogP contribution in [0.3, 0.4) is 0 Å². The lowest BCUT2D eigenvalue weighted by molar-refractivity contribution is -0.660. The van der Waals surface area contributed by atoms with Crippen molar-refractivity contribution in [2.45, 2.75) is 34.1 Å². The number of hydrogen-bond donors (Lipinski definition) is 0. The van der Waals surface area contributed by atoms with Crippen LogP contribution in [0.2, 0.25) is 0 Å². The minimum Gasteiger partial charge on any atom is -0.455 e. The van der Waals surface area contributed by atoms with E-state index in [4.69, 9.17) is 4.42 Å². The van der Waals surface area contributed by atoms with Crippen molar-refractivity contribution >= 4 is 43.5 Å². The quantitative estimate of drug-likeness (QED) is 0.194. The highest BCUT2D eigenvalue weighted by Crippen LogP contribution is 2.40. The lowest BCUT2D eigenvalue weighted by Crippen LogP contribution is -2.31. The second kappa shape index (κ2) is 7.43. The van der Waals surface area contributed by atoms with Crippen molar-refractivity contribution in [1.29, 1.82) is 0 Å². The number of furan rings is 1. The van der Waals surface area contributed by atoms with Crippen LogP contribution in [0.15, 0.2) is 83.4 Å². The molecule has 0 bridgehead atoms. The van der Waals surface area contributed by atoms with Crippen LogP contribution in [0.25, 0.3) is 54.7 Å². The van der Waals surface area contributed by atoms with Crippen LogP contribution >= 0.6 is 0 Å². The second-order valence-corrected chi connectivity index (χ2v) is 10.9. The van der Waals surface area contributed by atoms with Crippen LogP contribution in [-0.4, -0.2) is 0 Å². The topological polar surface area (TPSA) is 17.0 Å². The molecule has 0 unspecified atom stereocenters. The largest absolute Gasteiger partial charge is 0.455 e. The molecule has 0 fully saturated rings. The van der Waals surface area contributed by atoms with Gasteiger partial charge in [0.05, 0.1) is 5.56 Å². The van der Waals surface area contributed by atoms with Gasteiger partial charge >= 0.3 is 0 Å². The van der Waals surface area contributed by atoms with Gasteiger partial charge in [-0.15, -0.1) is 0 Å². The predicted octanol–water partition coefficient (Wildman–Crippen LogP) is 8.28. The van der Waals surface area contributed by atoms with Gasteiger partial charge in [0.1, 0.15) is 18.2 Å². The van der Waals surface area contributed by atoms with Crippen LogP contribution in [0, 0.1) is 12.3 Å². The van der Waals surface area contributed by atoms with E-state index in [9.17, 15) is 0 Å². The first kappa shape index (κ1) is 20.9. The Morgan fingerprint density at radius 3 is 2.38 bits per heavy atom. The number of pyridine rings is 1. The van der Waals surface area contributed by atoms with E-state index in [0.717, 1.165) is 17.6 Å². The number of aromatic nitrogens is 1. The Morgan fingerprint density at radius 2 is 1.56 bits per heavy atom. The summed E-state index contributed by atoms with van der Waals surface area (Å²) in [6.45, 7) is 9.06. The fourth-order valence-electron chi connectivity index (χ4n) is 5.34. The SMILES string of the molecule is Cc1ccc2c(oc3cc4c(ccc5ccccc54)cc32)c1-c1cc(CC(C)(C)C)cc[n+]1C. The molecule has 6 aromatic rings. The Hall–Kier alpha value is -3.65. The molecule has 0 spiro atoms. The van der Waals surface area contributed by atoms with Gasteiger partial charge in [0.15, 0.2) is 6.20 Å². The molecule has 2 aromatic heterocycles. The van der Waals surface area contributed by atoms with Crippen LogP contribution < -0.4 is 4.57 Å². The molecule has 0 aliphatic rings. The summed E-state index contributed by atoms with van der Waals surface area (Å²) in [5.74, 6) is 0. The molecular weight excluding hydrogens is 414 g/mol. The number of rotatable bonds is 2. The van der Waals surface area contributed by atoms with Crippen LogP contribution in [0.4, 0.5) is 0 Å². The first-order valence-electron chi connectivity index (χ1n) is 12.0. The van der Waals surface area contributed by atoms with Gasteiger partial charge in [-0.2, -0.15) is 0 Å². The van der Waals surface area contributed by atoms with Crippen molar-refractivity contribution in [2.75, 3.05) is 0 Å². The van der Waals surface area contributed by atoms with Crippen LogP contribution in [0.1, 0.15) is 31.9 Å². The van der Waals surface area contributed by atoms with Gasteiger partial charge in [0.25, 0.3) is 0 Å². The molecule has 2 heterocycles. The average molecular weight is 445 g/mol. The summed E-state index contributed by atoms with van der Waals surface area (Å²) >= 11 is 0. The Balaban J connectivity index is 1.64. The summed E-state index contributed by atoms with van der Waals surface area (Å²) < 4.78 is 8.87. The third-order valence-electron chi connectivity index (χ3n) is 6.92. The number of benzene rings is 4. The minimum atomic E-state index is 0.237. The Bertz CT molecular complexity index is 1730. The van der Waals surface area contributed by atoms with E-state index in [1.807, 2.05) is 0 Å². The molecule has 34 heavy (non-hydrogen) atoms. The fraction of sp³-hybridized carbons (Fsp3) is 0.219. The van der Waals surface area contributed by atoms with Gasteiger partial charge in [-0.25, -0.2) is 4.57 Å². The Labute approximate surface area is 200 Å². The fourth-order valence-corrected chi connectivity index (χ4v) is 5.34. The van der Waals surface area contributed by atoms with Gasteiger partial charge in [0, 0.05) is 22.9 Å². The molecule has 0 amide bonds. The maximum absolute atomic E-state index is 6.66. The first-order valence-corrected chi connectivity index (χ1v) is 12.0. The van der Waals surface area contributed by atoms with Crippen LogP contribution in [-0.2, 0) is 13.5 Å². The number of aryl methyl sites for hydroxylation is 2. The molecule has 0 aliphatic carbocycles. The number of nitrogens with zero attached hydrogens (tertiary/aromatic N) is 1. The Kier molecular flexibility index (Phi) is 4.57. The van der Waals surface area contributed by atoms with Gasteiger partial charge < -0.3 is 4.42 Å². The van der Waals surface area contributed by atoms with E-state index in [-0.39, 0.29) is 5.41 Å². The van der Waals surface area contributed by atoms with Gasteiger partial charge in [0.2, 0.25) is 5.69 Å². The summed E-state index contributed by atoms with van der Waals surface area (Å²) in [7, 11) is 2.12. The highest BCUT2D eigenvalue weighted by Gasteiger charge is 2.22. The van der Waals surface area contributed by atoms with E-state index >= 15 is 0 Å². The average Bonchev–Trinajstić information content (AvgIpc) is 3.15. The third-order valence-corrected chi connectivity index (χ3v) is 6.92. The molecule has 0 saturated carbocycles. The molecule has 6 rings (SSSR count). The highest BCUT2D eigenvalue weighted by atomic mass is 16.3. The zero-order valence-corrected chi connectivity index (χ0v) is 20.6. The molecule has 2 nitrogen and oxygen atoms in total. The highest BCUT2D eigenvalue weighted by molar-refractivity contribution is 6.17. The van der Waals surface area contributed by atoms with E-state index in [0.29, 0.717) is 0 Å². The number of hydrogen-bond acceptors (Lipinski definition) is 1. The van der Waals surface area contributed by atoms with E-state index in [1.165, 1.54) is 54.7 Å². The maximum Gasteiger partial charge on any atom is 0.216 e. The van der Waals surface area contributed by atoms with E-state index in [1.54, 1.807) is 0 Å². The maximum atomic E-state index is 6.66. The Morgan fingerprint density at radius 1 is 0.765 bits per heavy atom. The van der Waals surface area contributed by atoms with Crippen molar-refractivity contribution in [3.05, 3.63) is 90.1 Å². The summed E-state index contributed by atoms with van der Waals surface area (Å²) in [6.07, 6.45) is 3.21. The smallest absolute Gasteiger partial charge is 0.216 e. The lowest BCUT2D eigenvalue weighted by Gasteiger charge is -2.18. The van der Waals surface area contributed by atoms with Crippen LogP contribution in [0.5, 0.6) is 0 Å². The van der Waals surface area contributed by atoms with Crippen molar-refractivity contribution < 1.29 is 8.98 Å². The van der Waals surface area contributed by atoms with E-state index in [2.05, 4.69) is 118 Å². The monoisotopic (exact) mass is 444 g/mol. The third kappa shape index (κ3) is 3.37. The second-order valence-electron chi connectivity index (χ2n) is 10.9. The van der Waals surface area contributed by atoms with Crippen molar-refractivity contribution in [3.8, 4) is 11.3 Å². The van der Waals surface area contributed by atoms with Gasteiger partial charge in [-0.1, -0.05) is 69.3 Å². The first-order chi connectivity index (χ1) is 16.3. The summed E-state index contributed by atoms with van der Waals surface area (Å²) in [4.78, 5) is 0. The van der Waals surface area contributed by atoms with E-state index < -0.39 is 0 Å². The normalized spacial score (nSPS) is 12.4. The van der Waals surface area contributed by atoms with Gasteiger partial charge in [-0.3, -0.25) is 0 Å². The molecule has 4 aromatic carbocycles. The molecule has 0 radical (unpaired) electrons.